The van der Waals surface area contributed by atoms with Gasteiger partial charge >= 0.3 is 0 Å². The highest BCUT2D eigenvalue weighted by Gasteiger charge is 2.58. The number of hydrogen-bond acceptors (Lipinski definition) is 3. The summed E-state index contributed by atoms with van der Waals surface area (Å²) in [5, 5.41) is 11.3. The molecule has 3 aliphatic carbocycles. The summed E-state index contributed by atoms with van der Waals surface area (Å²) in [7, 11) is -3.76. The van der Waals surface area contributed by atoms with Crippen molar-refractivity contribution >= 4 is 39.8 Å². The molecule has 0 radical (unpaired) electrons. The van der Waals surface area contributed by atoms with E-state index in [9.17, 15) is 5.11 Å². The smallest absolute Gasteiger partial charge is 0.192 e. The van der Waals surface area contributed by atoms with Crippen LogP contribution < -0.4 is 0 Å². The number of hydrogen-bond donors (Lipinski definition) is 1. The number of halogens is 2. The van der Waals surface area contributed by atoms with Crippen LogP contribution in [-0.4, -0.2) is 41.1 Å². The highest BCUT2D eigenvalue weighted by atomic mass is 35.5. The molecule has 3 fully saturated rings. The fourth-order valence-electron chi connectivity index (χ4n) is 7.84. The SMILES string of the molecule is CC(C)(C)[Si](C)(C)OC[C@H]1C[C@@H](O[Si](C)(C)C(C)(C)C)CC[C@]1(C)C1CC[C@]2(C)C(=C(Cl)Cl)CCC2[C@@H]1CO. The zero-order valence-electron chi connectivity index (χ0n) is 27.3. The van der Waals surface area contributed by atoms with Crippen LogP contribution >= 0.6 is 23.2 Å². The summed E-state index contributed by atoms with van der Waals surface area (Å²) in [6.45, 7) is 29.5. The van der Waals surface area contributed by atoms with Crippen molar-refractivity contribution in [2.24, 2.45) is 34.5 Å². The molecular weight excluding hydrogens is 559 g/mol. The topological polar surface area (TPSA) is 38.7 Å². The second-order valence-electron chi connectivity index (χ2n) is 16.8. The van der Waals surface area contributed by atoms with E-state index >= 15 is 0 Å². The van der Waals surface area contributed by atoms with Crippen molar-refractivity contribution in [2.45, 2.75) is 143 Å². The maximum atomic E-state index is 10.9. The van der Waals surface area contributed by atoms with Gasteiger partial charge in [-0.15, -0.1) is 0 Å². The van der Waals surface area contributed by atoms with Crippen molar-refractivity contribution in [3.63, 3.8) is 0 Å². The van der Waals surface area contributed by atoms with Crippen molar-refractivity contribution in [1.29, 1.82) is 0 Å². The van der Waals surface area contributed by atoms with E-state index in [1.54, 1.807) is 0 Å². The van der Waals surface area contributed by atoms with Crippen molar-refractivity contribution in [3.8, 4) is 0 Å². The number of aliphatic hydroxyl groups excluding tert-OH is 1. The lowest BCUT2D eigenvalue weighted by Gasteiger charge is -2.57. The van der Waals surface area contributed by atoms with Crippen LogP contribution in [0.3, 0.4) is 0 Å². The van der Waals surface area contributed by atoms with Gasteiger partial charge in [0.05, 0.1) is 0 Å². The fraction of sp³-hybridized carbons (Fsp3) is 0.938. The number of allylic oxidation sites excluding steroid dienone is 1. The summed E-state index contributed by atoms with van der Waals surface area (Å²) in [5.74, 6) is 1.60. The minimum atomic E-state index is -1.90. The molecule has 0 heterocycles. The Balaban J connectivity index is 1.93. The summed E-state index contributed by atoms with van der Waals surface area (Å²) < 4.78 is 14.5. The molecule has 39 heavy (non-hydrogen) atoms. The van der Waals surface area contributed by atoms with E-state index in [4.69, 9.17) is 32.1 Å². The Morgan fingerprint density at radius 3 is 2.00 bits per heavy atom. The van der Waals surface area contributed by atoms with Crippen LogP contribution in [0, 0.1) is 34.5 Å². The minimum Gasteiger partial charge on any atom is -0.417 e. The van der Waals surface area contributed by atoms with Crippen LogP contribution in [0.15, 0.2) is 10.1 Å². The molecule has 3 aliphatic rings. The maximum Gasteiger partial charge on any atom is 0.192 e. The summed E-state index contributed by atoms with van der Waals surface area (Å²) in [6.07, 6.45) is 7.86. The molecule has 7 atom stereocenters. The third-order valence-electron chi connectivity index (χ3n) is 12.7. The molecule has 0 bridgehead atoms. The van der Waals surface area contributed by atoms with E-state index in [2.05, 4.69) is 81.6 Å². The highest BCUT2D eigenvalue weighted by Crippen LogP contribution is 2.65. The first-order chi connectivity index (χ1) is 17.6. The lowest BCUT2D eigenvalue weighted by atomic mass is 9.49. The lowest BCUT2D eigenvalue weighted by molar-refractivity contribution is -0.101. The van der Waals surface area contributed by atoms with Crippen molar-refractivity contribution in [3.05, 3.63) is 10.1 Å². The first-order valence-corrected chi connectivity index (χ1v) is 22.2. The summed E-state index contributed by atoms with van der Waals surface area (Å²) >= 11 is 12.8. The second-order valence-corrected chi connectivity index (χ2v) is 27.4. The van der Waals surface area contributed by atoms with Crippen LogP contribution in [0.4, 0.5) is 0 Å². The van der Waals surface area contributed by atoms with Gasteiger partial charge in [-0.3, -0.25) is 0 Å². The largest absolute Gasteiger partial charge is 0.417 e. The van der Waals surface area contributed by atoms with Gasteiger partial charge in [-0.2, -0.15) is 0 Å². The van der Waals surface area contributed by atoms with E-state index in [0.717, 1.165) is 51.6 Å². The molecule has 3 nitrogen and oxygen atoms in total. The number of fused-ring (bicyclic) bond motifs is 1. The van der Waals surface area contributed by atoms with Gasteiger partial charge in [0.1, 0.15) is 4.49 Å². The molecule has 3 rings (SSSR count). The Kier molecular flexibility index (Phi) is 10.2. The zero-order valence-corrected chi connectivity index (χ0v) is 30.8. The molecule has 0 spiro atoms. The van der Waals surface area contributed by atoms with E-state index in [1.165, 1.54) is 5.57 Å². The van der Waals surface area contributed by atoms with Crippen LogP contribution in [0.25, 0.3) is 0 Å². The molecule has 3 saturated carbocycles. The molecule has 7 heteroatoms. The molecule has 1 N–H and O–H groups in total. The third kappa shape index (κ3) is 6.60. The van der Waals surface area contributed by atoms with E-state index in [-0.39, 0.29) is 33.4 Å². The average molecular weight is 620 g/mol. The number of rotatable bonds is 7. The van der Waals surface area contributed by atoms with E-state index in [0.29, 0.717) is 28.3 Å². The predicted molar refractivity (Wildman–Crippen MR) is 174 cm³/mol. The zero-order chi connectivity index (χ0) is 29.8. The van der Waals surface area contributed by atoms with Crippen molar-refractivity contribution < 1.29 is 14.0 Å². The molecule has 0 aromatic rings. The lowest BCUT2D eigenvalue weighted by Crippen LogP contribution is -2.54. The van der Waals surface area contributed by atoms with Crippen molar-refractivity contribution in [1.82, 2.24) is 0 Å². The third-order valence-corrected chi connectivity index (χ3v) is 22.2. The van der Waals surface area contributed by atoms with Gasteiger partial charge < -0.3 is 14.0 Å². The minimum absolute atomic E-state index is 0.00880. The van der Waals surface area contributed by atoms with Gasteiger partial charge in [-0.1, -0.05) is 78.6 Å². The predicted octanol–water partition coefficient (Wildman–Crippen LogP) is 10.3. The molecule has 0 saturated heterocycles. The Morgan fingerprint density at radius 1 is 0.897 bits per heavy atom. The molecule has 0 aliphatic heterocycles. The van der Waals surface area contributed by atoms with Crippen molar-refractivity contribution in [2.75, 3.05) is 13.2 Å². The normalized spacial score (nSPS) is 36.7. The average Bonchev–Trinajstić information content (AvgIpc) is 3.14. The fourth-order valence-corrected chi connectivity index (χ4v) is 10.9. The maximum absolute atomic E-state index is 10.9. The first-order valence-electron chi connectivity index (χ1n) is 15.6. The Morgan fingerprint density at radius 2 is 1.49 bits per heavy atom. The summed E-state index contributed by atoms with van der Waals surface area (Å²) in [6, 6.07) is 0. The molecule has 2 unspecified atom stereocenters. The standard InChI is InChI=1S/C32H60Cl2O3Si2/c1-29(2,3)38(9,10)36-21-22-19-23(37-39(11,12)30(4,5)6)15-17-31(22,7)26-16-18-32(8)25(24(26)20-35)13-14-27(32)28(33)34/h22-26,35H,13-21H2,1-12H3/t22-,23+,24+,25?,26?,31+,32+/m1/s1. The first kappa shape index (κ1) is 34.1. The quantitative estimate of drug-likeness (QED) is 0.288. The Labute approximate surface area is 253 Å². The summed E-state index contributed by atoms with van der Waals surface area (Å²) in [5.41, 5.74) is 1.35. The highest BCUT2D eigenvalue weighted by molar-refractivity contribution is 6.74. The van der Waals surface area contributed by atoms with Crippen LogP contribution in [-0.2, 0) is 8.85 Å². The number of aliphatic hydroxyl groups is 1. The Hall–Kier alpha value is 0.634. The summed E-state index contributed by atoms with van der Waals surface area (Å²) in [4.78, 5) is 0. The van der Waals surface area contributed by atoms with Gasteiger partial charge in [-0.05, 0) is 121 Å². The van der Waals surface area contributed by atoms with Gasteiger partial charge in [-0.25, -0.2) is 0 Å². The second kappa shape index (κ2) is 11.6. The molecule has 0 aromatic heterocycles. The van der Waals surface area contributed by atoms with Gasteiger partial charge in [0.2, 0.25) is 0 Å². The van der Waals surface area contributed by atoms with Gasteiger partial charge in [0.15, 0.2) is 16.6 Å². The molecule has 0 amide bonds. The Bertz CT molecular complexity index is 902. The monoisotopic (exact) mass is 618 g/mol. The molecular formula is C32H60Cl2O3Si2. The molecule has 0 aromatic carbocycles. The van der Waals surface area contributed by atoms with Crippen LogP contribution in [0.1, 0.15) is 100 Å². The van der Waals surface area contributed by atoms with Gasteiger partial charge in [0, 0.05) is 19.3 Å². The van der Waals surface area contributed by atoms with E-state index in [1.807, 2.05) is 0 Å². The molecule has 228 valence electrons. The van der Waals surface area contributed by atoms with E-state index < -0.39 is 16.6 Å². The van der Waals surface area contributed by atoms with Crippen LogP contribution in [0.5, 0.6) is 0 Å². The van der Waals surface area contributed by atoms with Gasteiger partial charge in [0.25, 0.3) is 0 Å². The van der Waals surface area contributed by atoms with Crippen LogP contribution in [0.2, 0.25) is 36.3 Å².